The molecule has 0 bridgehead atoms. The van der Waals surface area contributed by atoms with Crippen molar-refractivity contribution < 1.29 is 9.72 Å². The third-order valence-electron chi connectivity index (χ3n) is 3.84. The van der Waals surface area contributed by atoms with E-state index in [1.54, 1.807) is 0 Å². The molecule has 0 saturated heterocycles. The number of nitrogens with two attached hydrogens (primary N) is 1. The van der Waals surface area contributed by atoms with E-state index in [9.17, 15) is 14.9 Å². The molecule has 6 nitrogen and oxygen atoms in total. The fraction of sp³-hybridized carbons (Fsp3) is 0.500. The molecule has 108 valence electrons. The fourth-order valence-corrected chi connectivity index (χ4v) is 2.69. The fourth-order valence-electron chi connectivity index (χ4n) is 2.69. The van der Waals surface area contributed by atoms with Gasteiger partial charge < -0.3 is 11.1 Å². The second kappa shape index (κ2) is 5.90. The Hall–Kier alpha value is -2.11. The zero-order valence-electron chi connectivity index (χ0n) is 11.5. The molecule has 3 N–H and O–H groups in total. The molecule has 1 aromatic carbocycles. The summed E-state index contributed by atoms with van der Waals surface area (Å²) in [6, 6.07) is 4.13. The van der Waals surface area contributed by atoms with E-state index in [-0.39, 0.29) is 22.8 Å². The molecule has 0 aliphatic heterocycles. The van der Waals surface area contributed by atoms with Crippen molar-refractivity contribution in [3.63, 3.8) is 0 Å². The molecule has 0 radical (unpaired) electrons. The van der Waals surface area contributed by atoms with Gasteiger partial charge in [-0.1, -0.05) is 13.3 Å². The van der Waals surface area contributed by atoms with Crippen molar-refractivity contribution in [2.45, 2.75) is 26.2 Å². The normalized spacial score (nSPS) is 21.6. The van der Waals surface area contributed by atoms with E-state index >= 15 is 0 Å². The van der Waals surface area contributed by atoms with Crippen molar-refractivity contribution in [3.05, 3.63) is 33.9 Å². The first-order chi connectivity index (χ1) is 9.47. The molecule has 2 rings (SSSR count). The van der Waals surface area contributed by atoms with Crippen LogP contribution in [-0.4, -0.2) is 17.4 Å². The van der Waals surface area contributed by atoms with Crippen molar-refractivity contribution in [2.75, 3.05) is 12.3 Å². The number of nitrogen functional groups attached to an aromatic ring is 1. The minimum atomic E-state index is -0.579. The number of hydrogen-bond donors (Lipinski definition) is 2. The molecule has 1 aliphatic rings. The Morgan fingerprint density at radius 3 is 2.85 bits per heavy atom. The first-order valence-corrected chi connectivity index (χ1v) is 6.79. The highest BCUT2D eigenvalue weighted by Crippen LogP contribution is 2.29. The van der Waals surface area contributed by atoms with Gasteiger partial charge in [-0.25, -0.2) is 0 Å². The number of benzene rings is 1. The lowest BCUT2D eigenvalue weighted by Gasteiger charge is -2.11. The maximum Gasteiger partial charge on any atom is 0.292 e. The minimum absolute atomic E-state index is 0.0659. The summed E-state index contributed by atoms with van der Waals surface area (Å²) >= 11 is 0. The van der Waals surface area contributed by atoms with Gasteiger partial charge in [-0.3, -0.25) is 14.9 Å². The van der Waals surface area contributed by atoms with Crippen LogP contribution >= 0.6 is 0 Å². The first-order valence-electron chi connectivity index (χ1n) is 6.79. The van der Waals surface area contributed by atoms with Crippen LogP contribution in [0.15, 0.2) is 18.2 Å². The average molecular weight is 277 g/mol. The van der Waals surface area contributed by atoms with Gasteiger partial charge in [0.15, 0.2) is 0 Å². The van der Waals surface area contributed by atoms with Gasteiger partial charge in [0.1, 0.15) is 5.69 Å². The first kappa shape index (κ1) is 14.3. The van der Waals surface area contributed by atoms with Crippen LogP contribution in [0.4, 0.5) is 11.4 Å². The van der Waals surface area contributed by atoms with Crippen LogP contribution in [0.5, 0.6) is 0 Å². The van der Waals surface area contributed by atoms with E-state index in [1.807, 2.05) is 0 Å². The summed E-state index contributed by atoms with van der Waals surface area (Å²) in [5, 5.41) is 13.6. The van der Waals surface area contributed by atoms with Gasteiger partial charge in [-0.15, -0.1) is 0 Å². The molecule has 2 unspecified atom stereocenters. The Morgan fingerprint density at radius 2 is 2.25 bits per heavy atom. The lowest BCUT2D eigenvalue weighted by molar-refractivity contribution is -0.383. The molecule has 1 fully saturated rings. The summed E-state index contributed by atoms with van der Waals surface area (Å²) < 4.78 is 0. The maximum absolute atomic E-state index is 12.0. The number of amides is 1. The zero-order valence-corrected chi connectivity index (χ0v) is 11.5. The Kier molecular flexibility index (Phi) is 4.22. The number of hydrogen-bond acceptors (Lipinski definition) is 4. The Labute approximate surface area is 117 Å². The smallest absolute Gasteiger partial charge is 0.292 e. The largest absolute Gasteiger partial charge is 0.393 e. The van der Waals surface area contributed by atoms with Crippen molar-refractivity contribution in [1.29, 1.82) is 0 Å². The second-order valence-corrected chi connectivity index (χ2v) is 5.52. The third-order valence-corrected chi connectivity index (χ3v) is 3.84. The Balaban J connectivity index is 1.99. The van der Waals surface area contributed by atoms with Crippen LogP contribution < -0.4 is 11.1 Å². The molecule has 0 aromatic heterocycles. The number of nitrogens with zero attached hydrogens (tertiary/aromatic N) is 1. The molecule has 6 heteroatoms. The summed E-state index contributed by atoms with van der Waals surface area (Å²) in [7, 11) is 0. The predicted octanol–water partition coefficient (Wildman–Crippen LogP) is 2.34. The van der Waals surface area contributed by atoms with Gasteiger partial charge in [0.25, 0.3) is 11.6 Å². The van der Waals surface area contributed by atoms with Crippen molar-refractivity contribution in [3.8, 4) is 0 Å². The van der Waals surface area contributed by atoms with Gasteiger partial charge in [0, 0.05) is 18.2 Å². The van der Waals surface area contributed by atoms with Gasteiger partial charge in [-0.05, 0) is 36.8 Å². The van der Waals surface area contributed by atoms with Gasteiger partial charge >= 0.3 is 0 Å². The summed E-state index contributed by atoms with van der Waals surface area (Å²) in [4.78, 5) is 22.2. The molecule has 0 spiro atoms. The summed E-state index contributed by atoms with van der Waals surface area (Å²) in [5.41, 5.74) is 5.62. The predicted molar refractivity (Wildman–Crippen MR) is 76.3 cm³/mol. The van der Waals surface area contributed by atoms with E-state index in [0.29, 0.717) is 12.5 Å². The number of anilines is 1. The monoisotopic (exact) mass is 277 g/mol. The summed E-state index contributed by atoms with van der Waals surface area (Å²) in [6.45, 7) is 2.84. The van der Waals surface area contributed by atoms with Crippen LogP contribution in [0.1, 0.15) is 36.5 Å². The average Bonchev–Trinajstić information content (AvgIpc) is 2.82. The molecular formula is C14H19N3O3. The number of carbonyl (C=O) groups is 1. The minimum Gasteiger partial charge on any atom is -0.393 e. The van der Waals surface area contributed by atoms with E-state index in [2.05, 4.69) is 12.2 Å². The topological polar surface area (TPSA) is 98.3 Å². The highest BCUT2D eigenvalue weighted by Gasteiger charge is 2.22. The van der Waals surface area contributed by atoms with E-state index < -0.39 is 4.92 Å². The molecular weight excluding hydrogens is 258 g/mol. The number of nitrogens with one attached hydrogen (secondary N) is 1. The van der Waals surface area contributed by atoms with Crippen LogP contribution in [-0.2, 0) is 0 Å². The van der Waals surface area contributed by atoms with E-state index in [0.717, 1.165) is 18.8 Å². The summed E-state index contributed by atoms with van der Waals surface area (Å²) in [5.74, 6) is 0.944. The molecule has 1 aliphatic carbocycles. The third kappa shape index (κ3) is 3.26. The maximum atomic E-state index is 12.0. The second-order valence-electron chi connectivity index (χ2n) is 5.52. The number of carbonyl (C=O) groups excluding carboxylic acids is 1. The summed E-state index contributed by atoms with van der Waals surface area (Å²) in [6.07, 6.45) is 3.46. The highest BCUT2D eigenvalue weighted by molar-refractivity contribution is 5.95. The molecule has 2 atom stereocenters. The zero-order chi connectivity index (χ0) is 14.7. The van der Waals surface area contributed by atoms with Crippen LogP contribution in [0, 0.1) is 22.0 Å². The van der Waals surface area contributed by atoms with Gasteiger partial charge in [-0.2, -0.15) is 0 Å². The van der Waals surface area contributed by atoms with Gasteiger partial charge in [0.05, 0.1) is 4.92 Å². The highest BCUT2D eigenvalue weighted by atomic mass is 16.6. The SMILES string of the molecule is CC1CCC(CNC(=O)c2ccc(N)c([N+](=O)[O-])c2)C1. The molecule has 1 amide bonds. The standard InChI is InChI=1S/C14H19N3O3/c1-9-2-3-10(6-9)8-16-14(18)11-4-5-12(15)13(7-11)17(19)20/h4-5,7,9-10H,2-3,6,8,15H2,1H3,(H,16,18). The molecule has 0 heterocycles. The van der Waals surface area contributed by atoms with Crippen molar-refractivity contribution in [2.24, 2.45) is 11.8 Å². The Bertz CT molecular complexity index is 530. The van der Waals surface area contributed by atoms with Crippen molar-refractivity contribution >= 4 is 17.3 Å². The van der Waals surface area contributed by atoms with Crippen LogP contribution in [0.25, 0.3) is 0 Å². The van der Waals surface area contributed by atoms with E-state index in [4.69, 9.17) is 5.73 Å². The Morgan fingerprint density at radius 1 is 1.50 bits per heavy atom. The molecule has 1 aromatic rings. The van der Waals surface area contributed by atoms with Crippen LogP contribution in [0.2, 0.25) is 0 Å². The lowest BCUT2D eigenvalue weighted by atomic mass is 10.1. The number of rotatable bonds is 4. The van der Waals surface area contributed by atoms with Gasteiger partial charge in [0.2, 0.25) is 0 Å². The quantitative estimate of drug-likeness (QED) is 0.501. The number of nitro benzene ring substituents is 1. The van der Waals surface area contributed by atoms with Crippen molar-refractivity contribution in [1.82, 2.24) is 5.32 Å². The van der Waals surface area contributed by atoms with E-state index in [1.165, 1.54) is 24.6 Å². The van der Waals surface area contributed by atoms with Crippen LogP contribution in [0.3, 0.4) is 0 Å². The molecule has 20 heavy (non-hydrogen) atoms. The number of nitro groups is 1. The molecule has 1 saturated carbocycles. The lowest BCUT2D eigenvalue weighted by Crippen LogP contribution is -2.28.